The maximum absolute atomic E-state index is 13.7. The normalized spacial score (nSPS) is 14.6. The Labute approximate surface area is 159 Å². The Kier molecular flexibility index (Phi) is 6.20. The van der Waals surface area contributed by atoms with Gasteiger partial charge in [0.2, 0.25) is 5.89 Å². The summed E-state index contributed by atoms with van der Waals surface area (Å²) < 4.78 is 159. The van der Waals surface area contributed by atoms with E-state index in [9.17, 15) is 72.9 Å². The minimum Gasteiger partial charge on any atom is -0.419 e. The van der Waals surface area contributed by atoms with Gasteiger partial charge in [-0.25, -0.2) is 0 Å². The van der Waals surface area contributed by atoms with E-state index in [4.69, 9.17) is 0 Å². The first kappa shape index (κ1) is 26.1. The standard InChI is InChI=1S/C10H4F12N4O5/c11-5(25(27)28,26(29)30)2-1-3-23-24-4(31-3)6(12,13)7(14,15)8(16,17)9(18,19)10(20,21)22/h1-2H2. The predicted molar refractivity (Wildman–Crippen MR) is 65.2 cm³/mol. The number of rotatable bonds is 9. The minimum atomic E-state index is -7.76. The first-order chi connectivity index (χ1) is 13.6. The summed E-state index contributed by atoms with van der Waals surface area (Å²) in [6, 6.07) is 0. The van der Waals surface area contributed by atoms with Crippen LogP contribution in [0.1, 0.15) is 18.2 Å². The SMILES string of the molecule is O=[N+]([O-])C(F)(CCc1nnc(C(F)(F)C(F)(F)C(F)(F)C(F)(F)C(F)(F)F)o1)[N+](=O)[O-]. The Balaban J connectivity index is 3.28. The van der Waals surface area contributed by atoms with Crippen molar-refractivity contribution in [2.24, 2.45) is 0 Å². The molecule has 0 atom stereocenters. The van der Waals surface area contributed by atoms with Gasteiger partial charge in [-0.05, 0) is 0 Å². The van der Waals surface area contributed by atoms with Crippen LogP contribution < -0.4 is 0 Å². The second kappa shape index (κ2) is 7.35. The molecule has 0 spiro atoms. The maximum atomic E-state index is 13.7. The van der Waals surface area contributed by atoms with E-state index in [2.05, 4.69) is 9.52 Å². The van der Waals surface area contributed by atoms with Crippen molar-refractivity contribution in [1.82, 2.24) is 10.2 Å². The Morgan fingerprint density at radius 2 is 1.19 bits per heavy atom. The van der Waals surface area contributed by atoms with Crippen molar-refractivity contribution in [2.75, 3.05) is 0 Å². The molecule has 1 aromatic heterocycles. The Morgan fingerprint density at radius 3 is 1.58 bits per heavy atom. The first-order valence-corrected chi connectivity index (χ1v) is 6.96. The predicted octanol–water partition coefficient (Wildman–Crippen LogP) is 3.74. The molecule has 0 saturated heterocycles. The summed E-state index contributed by atoms with van der Waals surface area (Å²) in [7, 11) is 0. The molecule has 9 nitrogen and oxygen atoms in total. The fourth-order valence-electron chi connectivity index (χ4n) is 1.70. The van der Waals surface area contributed by atoms with Gasteiger partial charge in [0, 0.05) is 6.42 Å². The van der Waals surface area contributed by atoms with Crippen LogP contribution >= 0.6 is 0 Å². The molecule has 21 heteroatoms. The number of nitro groups is 2. The molecule has 0 fully saturated rings. The van der Waals surface area contributed by atoms with Gasteiger partial charge in [-0.2, -0.15) is 48.3 Å². The summed E-state index contributed by atoms with van der Waals surface area (Å²) in [6.07, 6.45) is -10.8. The molecule has 1 heterocycles. The number of hydrogen-bond acceptors (Lipinski definition) is 7. The lowest BCUT2D eigenvalue weighted by atomic mass is 9.98. The highest BCUT2D eigenvalue weighted by Crippen LogP contribution is 2.59. The summed E-state index contributed by atoms with van der Waals surface area (Å²) >= 11 is 0. The topological polar surface area (TPSA) is 125 Å². The largest absolute Gasteiger partial charge is 0.614 e. The number of aryl methyl sites for hydroxylation is 1. The Bertz CT molecular complexity index is 839. The first-order valence-electron chi connectivity index (χ1n) is 6.96. The summed E-state index contributed by atoms with van der Waals surface area (Å²) in [5, 5.41) is 25.1. The monoisotopic (exact) mass is 488 g/mol. The molecular weight excluding hydrogens is 484 g/mol. The van der Waals surface area contributed by atoms with E-state index in [1.165, 1.54) is 0 Å². The van der Waals surface area contributed by atoms with E-state index in [-0.39, 0.29) is 0 Å². The van der Waals surface area contributed by atoms with Crippen molar-refractivity contribution >= 4 is 0 Å². The van der Waals surface area contributed by atoms with Crippen molar-refractivity contribution in [1.29, 1.82) is 0 Å². The molecule has 1 aromatic rings. The van der Waals surface area contributed by atoms with Crippen LogP contribution in [0.5, 0.6) is 0 Å². The van der Waals surface area contributed by atoms with Crippen LogP contribution in [-0.4, -0.2) is 49.9 Å². The average molecular weight is 488 g/mol. The van der Waals surface area contributed by atoms with Crippen molar-refractivity contribution in [2.45, 2.75) is 48.6 Å². The van der Waals surface area contributed by atoms with Crippen molar-refractivity contribution in [3.8, 4) is 0 Å². The fourth-order valence-corrected chi connectivity index (χ4v) is 1.70. The van der Waals surface area contributed by atoms with Gasteiger partial charge < -0.3 is 4.42 Å². The summed E-state index contributed by atoms with van der Waals surface area (Å²) in [5.41, 5.74) is 0. The van der Waals surface area contributed by atoms with E-state index < -0.39 is 70.3 Å². The van der Waals surface area contributed by atoms with Crippen molar-refractivity contribution in [3.05, 3.63) is 32.0 Å². The fraction of sp³-hybridized carbons (Fsp3) is 0.800. The quantitative estimate of drug-likeness (QED) is 0.171. The van der Waals surface area contributed by atoms with Crippen LogP contribution in [0.4, 0.5) is 52.7 Å². The highest BCUT2D eigenvalue weighted by Gasteiger charge is 2.88. The van der Waals surface area contributed by atoms with E-state index in [0.29, 0.717) is 0 Å². The molecule has 1 rings (SSSR count). The molecule has 0 saturated carbocycles. The number of nitrogens with zero attached hydrogens (tertiary/aromatic N) is 4. The molecule has 0 radical (unpaired) electrons. The van der Waals surface area contributed by atoms with E-state index in [0.717, 1.165) is 0 Å². The number of aromatic nitrogens is 2. The van der Waals surface area contributed by atoms with Crippen LogP contribution in [0.25, 0.3) is 0 Å². The van der Waals surface area contributed by atoms with Gasteiger partial charge in [-0.15, -0.1) is 10.2 Å². The van der Waals surface area contributed by atoms with Crippen LogP contribution in [0, 0.1) is 20.2 Å². The molecule has 0 aromatic carbocycles. The Morgan fingerprint density at radius 1 is 0.742 bits per heavy atom. The van der Waals surface area contributed by atoms with Gasteiger partial charge in [0.25, 0.3) is 5.89 Å². The van der Waals surface area contributed by atoms with Crippen LogP contribution in [0.2, 0.25) is 0 Å². The lowest BCUT2D eigenvalue weighted by molar-refractivity contribution is -0.832. The number of halogens is 12. The van der Waals surface area contributed by atoms with E-state index in [1.807, 2.05) is 5.10 Å². The van der Waals surface area contributed by atoms with Gasteiger partial charge in [-0.1, -0.05) is 4.39 Å². The summed E-state index contributed by atoms with van der Waals surface area (Å²) in [6.45, 7) is 0. The van der Waals surface area contributed by atoms with Gasteiger partial charge >= 0.3 is 35.8 Å². The lowest BCUT2D eigenvalue weighted by Crippen LogP contribution is -2.65. The van der Waals surface area contributed by atoms with Crippen LogP contribution in [0.15, 0.2) is 4.42 Å². The minimum absolute atomic E-state index is 1.51. The highest BCUT2D eigenvalue weighted by molar-refractivity contribution is 5.10. The molecule has 0 amide bonds. The number of alkyl halides is 12. The lowest BCUT2D eigenvalue weighted by Gasteiger charge is -2.35. The van der Waals surface area contributed by atoms with Crippen LogP contribution in [-0.2, 0) is 12.3 Å². The average Bonchev–Trinajstić information content (AvgIpc) is 3.07. The second-order valence-electron chi connectivity index (χ2n) is 5.53. The van der Waals surface area contributed by atoms with Crippen molar-refractivity contribution in [3.63, 3.8) is 0 Å². The molecule has 31 heavy (non-hydrogen) atoms. The molecule has 178 valence electrons. The third-order valence-electron chi connectivity index (χ3n) is 3.49. The molecule has 0 bridgehead atoms. The van der Waals surface area contributed by atoms with Crippen molar-refractivity contribution < 1.29 is 66.9 Å². The zero-order chi connectivity index (χ0) is 24.8. The zero-order valence-corrected chi connectivity index (χ0v) is 13.8. The Hall–Kier alpha value is -2.90. The van der Waals surface area contributed by atoms with Gasteiger partial charge in [0.1, 0.15) is 16.3 Å². The molecule has 0 aliphatic rings. The molecule has 0 unspecified atom stereocenters. The van der Waals surface area contributed by atoms with E-state index >= 15 is 0 Å². The van der Waals surface area contributed by atoms with Gasteiger partial charge in [-0.3, -0.25) is 20.2 Å². The highest BCUT2D eigenvalue weighted by atomic mass is 19.4. The van der Waals surface area contributed by atoms with E-state index in [1.54, 1.807) is 0 Å². The van der Waals surface area contributed by atoms with Crippen LogP contribution in [0.3, 0.4) is 0 Å². The third kappa shape index (κ3) is 3.91. The molecule has 0 aliphatic heterocycles. The molecule has 0 N–H and O–H groups in total. The summed E-state index contributed by atoms with van der Waals surface area (Å²) in [5.74, 6) is -38.6. The molecular formula is C10H4F12N4O5. The summed E-state index contributed by atoms with van der Waals surface area (Å²) in [4.78, 5) is 16.4. The van der Waals surface area contributed by atoms with Gasteiger partial charge in [0.05, 0.1) is 0 Å². The smallest absolute Gasteiger partial charge is 0.419 e. The third-order valence-corrected chi connectivity index (χ3v) is 3.49. The molecule has 0 aliphatic carbocycles. The van der Waals surface area contributed by atoms with Gasteiger partial charge in [0.15, 0.2) is 0 Å². The maximum Gasteiger partial charge on any atom is 0.614 e. The number of hydrogen-bond donors (Lipinski definition) is 0. The zero-order valence-electron chi connectivity index (χ0n) is 13.8. The second-order valence-corrected chi connectivity index (χ2v) is 5.53.